The summed E-state index contributed by atoms with van der Waals surface area (Å²) in [7, 11) is 0. The Balaban J connectivity index is 2.03. The van der Waals surface area contributed by atoms with Crippen molar-refractivity contribution < 1.29 is 13.6 Å². The van der Waals surface area contributed by atoms with Gasteiger partial charge >= 0.3 is 6.03 Å². The zero-order valence-electron chi connectivity index (χ0n) is 9.64. The summed E-state index contributed by atoms with van der Waals surface area (Å²) in [5.74, 6) is -0.548. The highest BCUT2D eigenvalue weighted by Crippen LogP contribution is 2.20. The highest BCUT2D eigenvalue weighted by Gasteiger charge is 2.34. The number of rotatable bonds is 2. The zero-order chi connectivity index (χ0) is 13.1. The molecule has 0 bridgehead atoms. The van der Waals surface area contributed by atoms with Gasteiger partial charge in [-0.2, -0.15) is 0 Å². The summed E-state index contributed by atoms with van der Waals surface area (Å²) in [5, 5.41) is 2.47. The van der Waals surface area contributed by atoms with Crippen LogP contribution in [-0.2, 0) is 0 Å². The quantitative estimate of drug-likeness (QED) is 0.833. The Labute approximate surface area is 103 Å². The van der Waals surface area contributed by atoms with Gasteiger partial charge in [-0.3, -0.25) is 4.98 Å². The van der Waals surface area contributed by atoms with Crippen molar-refractivity contribution in [2.75, 3.05) is 18.4 Å². The molecule has 0 aromatic carbocycles. The Bertz CT molecular complexity index is 443. The van der Waals surface area contributed by atoms with Gasteiger partial charge in [0.2, 0.25) is 0 Å². The summed E-state index contributed by atoms with van der Waals surface area (Å²) in [4.78, 5) is 16.8. The summed E-state index contributed by atoms with van der Waals surface area (Å²) in [6.45, 7) is 0.214. The molecule has 1 aromatic heterocycles. The number of hydrogen-bond donors (Lipinski definition) is 2. The lowest BCUT2D eigenvalue weighted by Crippen LogP contribution is -2.42. The zero-order valence-corrected chi connectivity index (χ0v) is 9.64. The van der Waals surface area contributed by atoms with Crippen molar-refractivity contribution in [1.29, 1.82) is 0 Å². The van der Waals surface area contributed by atoms with Crippen LogP contribution in [0.1, 0.15) is 6.42 Å². The molecule has 1 aliphatic heterocycles. The van der Waals surface area contributed by atoms with Crippen molar-refractivity contribution in [2.24, 2.45) is 5.73 Å². The standard InChI is InChI=1S/C11H14F2N4O/c12-7-1-9(5-15-4-7)16-11(18)17-6-8(13)2-10(17)3-14/h1,4-5,8,10H,2-3,6,14H2,(H,16,18)/t8-,10-/m0/s1. The Morgan fingerprint density at radius 1 is 1.61 bits per heavy atom. The van der Waals surface area contributed by atoms with Gasteiger partial charge in [0.15, 0.2) is 0 Å². The fraction of sp³-hybridized carbons (Fsp3) is 0.455. The third-order valence-corrected chi connectivity index (χ3v) is 2.85. The predicted octanol–water partition coefficient (Wildman–Crippen LogP) is 1.12. The van der Waals surface area contributed by atoms with Crippen LogP contribution in [0.15, 0.2) is 18.5 Å². The fourth-order valence-electron chi connectivity index (χ4n) is 2.01. The van der Waals surface area contributed by atoms with Gasteiger partial charge in [0.05, 0.1) is 24.6 Å². The monoisotopic (exact) mass is 256 g/mol. The molecule has 2 atom stereocenters. The van der Waals surface area contributed by atoms with Crippen molar-refractivity contribution in [3.05, 3.63) is 24.3 Å². The second kappa shape index (κ2) is 5.26. The van der Waals surface area contributed by atoms with E-state index in [1.165, 1.54) is 11.1 Å². The normalized spacial score (nSPS) is 23.2. The Morgan fingerprint density at radius 2 is 2.39 bits per heavy atom. The van der Waals surface area contributed by atoms with Gasteiger partial charge in [-0.25, -0.2) is 13.6 Å². The second-order valence-electron chi connectivity index (χ2n) is 4.20. The lowest BCUT2D eigenvalue weighted by molar-refractivity contribution is 0.205. The molecule has 1 aromatic rings. The van der Waals surface area contributed by atoms with Gasteiger partial charge in [0, 0.05) is 25.1 Å². The summed E-state index contributed by atoms with van der Waals surface area (Å²) in [6, 6.07) is 0.338. The van der Waals surface area contributed by atoms with E-state index < -0.39 is 18.0 Å². The number of halogens is 2. The third kappa shape index (κ3) is 2.73. The van der Waals surface area contributed by atoms with E-state index in [4.69, 9.17) is 5.73 Å². The Morgan fingerprint density at radius 3 is 3.06 bits per heavy atom. The number of alkyl halides is 1. The number of urea groups is 1. The number of nitrogens with one attached hydrogen (secondary N) is 1. The number of nitrogens with two attached hydrogens (primary N) is 1. The van der Waals surface area contributed by atoms with E-state index in [1.807, 2.05) is 0 Å². The van der Waals surface area contributed by atoms with E-state index >= 15 is 0 Å². The van der Waals surface area contributed by atoms with Crippen molar-refractivity contribution in [1.82, 2.24) is 9.88 Å². The highest BCUT2D eigenvalue weighted by atomic mass is 19.1. The average molecular weight is 256 g/mol. The molecule has 1 fully saturated rings. The van der Waals surface area contributed by atoms with Crippen LogP contribution in [0.3, 0.4) is 0 Å². The number of aromatic nitrogens is 1. The second-order valence-corrected chi connectivity index (χ2v) is 4.20. The third-order valence-electron chi connectivity index (χ3n) is 2.85. The molecule has 0 spiro atoms. The maximum atomic E-state index is 13.2. The van der Waals surface area contributed by atoms with Crippen LogP contribution in [0.4, 0.5) is 19.3 Å². The molecule has 0 unspecified atom stereocenters. The van der Waals surface area contributed by atoms with Gasteiger partial charge in [0.1, 0.15) is 12.0 Å². The van der Waals surface area contributed by atoms with E-state index in [0.29, 0.717) is 0 Å². The van der Waals surface area contributed by atoms with Crippen LogP contribution in [0.25, 0.3) is 0 Å². The van der Waals surface area contributed by atoms with Gasteiger partial charge in [-0.05, 0) is 0 Å². The first-order chi connectivity index (χ1) is 8.60. The van der Waals surface area contributed by atoms with E-state index in [0.717, 1.165) is 12.3 Å². The fourth-order valence-corrected chi connectivity index (χ4v) is 2.01. The number of likely N-dealkylation sites (tertiary alicyclic amines) is 1. The molecule has 3 N–H and O–H groups in total. The van der Waals surface area contributed by atoms with Crippen LogP contribution in [-0.4, -0.2) is 41.2 Å². The maximum Gasteiger partial charge on any atom is 0.322 e. The molecule has 0 aliphatic carbocycles. The lowest BCUT2D eigenvalue weighted by Gasteiger charge is -2.23. The molecule has 5 nitrogen and oxygen atoms in total. The van der Waals surface area contributed by atoms with Crippen LogP contribution >= 0.6 is 0 Å². The number of anilines is 1. The Hall–Kier alpha value is -1.76. The highest BCUT2D eigenvalue weighted by molar-refractivity contribution is 5.89. The van der Waals surface area contributed by atoms with Crippen LogP contribution in [0.2, 0.25) is 0 Å². The molecule has 0 saturated carbocycles. The molecular formula is C11H14F2N4O. The molecule has 2 amide bonds. The first-order valence-corrected chi connectivity index (χ1v) is 5.62. The number of nitrogens with zero attached hydrogens (tertiary/aromatic N) is 2. The molecule has 0 radical (unpaired) electrons. The SMILES string of the molecule is NC[C@@H]1C[C@H](F)CN1C(=O)Nc1cncc(F)c1. The average Bonchev–Trinajstić information content (AvgIpc) is 2.70. The van der Waals surface area contributed by atoms with E-state index in [9.17, 15) is 13.6 Å². The van der Waals surface area contributed by atoms with Crippen LogP contribution in [0, 0.1) is 5.82 Å². The predicted molar refractivity (Wildman–Crippen MR) is 62.3 cm³/mol. The molecular weight excluding hydrogens is 242 g/mol. The number of amides is 2. The lowest BCUT2D eigenvalue weighted by atomic mass is 10.2. The minimum Gasteiger partial charge on any atom is -0.328 e. The Kier molecular flexibility index (Phi) is 3.71. The van der Waals surface area contributed by atoms with Crippen molar-refractivity contribution >= 4 is 11.7 Å². The van der Waals surface area contributed by atoms with Gasteiger partial charge in [-0.1, -0.05) is 0 Å². The number of hydrogen-bond acceptors (Lipinski definition) is 3. The molecule has 98 valence electrons. The van der Waals surface area contributed by atoms with Crippen LogP contribution < -0.4 is 11.1 Å². The minimum atomic E-state index is -1.06. The van der Waals surface area contributed by atoms with E-state index in [1.54, 1.807) is 0 Å². The van der Waals surface area contributed by atoms with Gasteiger partial charge in [-0.15, -0.1) is 0 Å². The molecule has 7 heteroatoms. The summed E-state index contributed by atoms with van der Waals surface area (Å²) < 4.78 is 26.1. The first kappa shape index (κ1) is 12.7. The first-order valence-electron chi connectivity index (χ1n) is 5.62. The van der Waals surface area contributed by atoms with Gasteiger partial charge < -0.3 is 16.0 Å². The largest absolute Gasteiger partial charge is 0.328 e. The minimum absolute atomic E-state index is 0.0104. The van der Waals surface area contributed by atoms with Crippen LogP contribution in [0.5, 0.6) is 0 Å². The molecule has 2 heterocycles. The van der Waals surface area contributed by atoms with E-state index in [2.05, 4.69) is 10.3 Å². The number of carbonyl (C=O) groups is 1. The van der Waals surface area contributed by atoms with Crippen molar-refractivity contribution in [2.45, 2.75) is 18.6 Å². The number of carbonyl (C=O) groups excluding carboxylic acids is 1. The molecule has 18 heavy (non-hydrogen) atoms. The smallest absolute Gasteiger partial charge is 0.322 e. The van der Waals surface area contributed by atoms with Gasteiger partial charge in [0.25, 0.3) is 0 Å². The molecule has 1 aliphatic rings. The summed E-state index contributed by atoms with van der Waals surface area (Å²) in [5.41, 5.74) is 5.72. The summed E-state index contributed by atoms with van der Waals surface area (Å²) >= 11 is 0. The summed E-state index contributed by atoms with van der Waals surface area (Å²) in [6.07, 6.45) is 1.54. The van der Waals surface area contributed by atoms with Crippen molar-refractivity contribution in [3.8, 4) is 0 Å². The van der Waals surface area contributed by atoms with Crippen molar-refractivity contribution in [3.63, 3.8) is 0 Å². The topological polar surface area (TPSA) is 71.2 Å². The molecule has 1 saturated heterocycles. The van der Waals surface area contributed by atoms with E-state index in [-0.39, 0.29) is 31.2 Å². The molecule has 2 rings (SSSR count). The maximum absolute atomic E-state index is 13.2. The number of pyridine rings is 1.